The van der Waals surface area contributed by atoms with Crippen LogP contribution in [-0.2, 0) is 9.16 Å². The lowest BCUT2D eigenvalue weighted by atomic mass is 9.98. The number of aliphatic hydroxyl groups is 1. The lowest BCUT2D eigenvalue weighted by Crippen LogP contribution is -2.53. The summed E-state index contributed by atoms with van der Waals surface area (Å²) in [5.74, 6) is 0. The maximum atomic E-state index is 15.7. The number of aromatic amines is 1. The number of ether oxygens (including phenoxy) is 1. The van der Waals surface area contributed by atoms with E-state index in [-0.39, 0.29) is 5.04 Å². The zero-order valence-corrected chi connectivity index (χ0v) is 16.5. The summed E-state index contributed by atoms with van der Waals surface area (Å²) in [6.45, 7) is 10.9. The molecular formula is C16H27FN2O5Si. The van der Waals surface area contributed by atoms with Crippen LogP contribution in [0.4, 0.5) is 4.39 Å². The predicted octanol–water partition coefficient (Wildman–Crippen LogP) is 1.54. The Labute approximate surface area is 146 Å². The normalized spacial score (nSPS) is 30.6. The van der Waals surface area contributed by atoms with Crippen molar-refractivity contribution < 1.29 is 18.7 Å². The highest BCUT2D eigenvalue weighted by Crippen LogP contribution is 2.46. The van der Waals surface area contributed by atoms with Gasteiger partial charge in [0.15, 0.2) is 20.2 Å². The fourth-order valence-corrected chi connectivity index (χ4v) is 4.02. The molecule has 1 saturated heterocycles. The van der Waals surface area contributed by atoms with Gasteiger partial charge in [-0.15, -0.1) is 0 Å². The maximum absolute atomic E-state index is 15.7. The number of hydrogen-bond donors (Lipinski definition) is 2. The van der Waals surface area contributed by atoms with E-state index in [0.29, 0.717) is 0 Å². The summed E-state index contributed by atoms with van der Waals surface area (Å²) in [5, 5.41) is 9.49. The summed E-state index contributed by atoms with van der Waals surface area (Å²) in [5.41, 5.74) is -3.41. The van der Waals surface area contributed by atoms with E-state index in [4.69, 9.17) is 9.16 Å². The molecule has 7 nitrogen and oxygen atoms in total. The second kappa shape index (κ2) is 6.46. The minimum atomic E-state index is -2.35. The second-order valence-electron chi connectivity index (χ2n) is 8.18. The van der Waals surface area contributed by atoms with Crippen molar-refractivity contribution in [1.29, 1.82) is 0 Å². The van der Waals surface area contributed by atoms with Crippen LogP contribution in [0.2, 0.25) is 18.1 Å². The van der Waals surface area contributed by atoms with E-state index in [1.54, 1.807) is 0 Å². The molecule has 1 aromatic heterocycles. The standard InChI is InChI=1S/C16H27FN2O5Si/c1-15(2,3)25(5,6)24-12-10(9-20)23-13(16(12,4)17)19-8-7-11(21)18-14(19)22/h7-8,10,12-13,20H,9H2,1-6H3,(H,18,21,22)/t10-,12-,13+,16-/m1/s1. The third-order valence-corrected chi connectivity index (χ3v) is 9.65. The van der Waals surface area contributed by atoms with E-state index < -0.39 is 50.3 Å². The summed E-state index contributed by atoms with van der Waals surface area (Å²) >= 11 is 0. The van der Waals surface area contributed by atoms with Crippen LogP contribution in [0, 0.1) is 0 Å². The van der Waals surface area contributed by atoms with Crippen LogP contribution in [0.15, 0.2) is 21.9 Å². The van der Waals surface area contributed by atoms with Gasteiger partial charge in [0.25, 0.3) is 5.56 Å². The summed E-state index contributed by atoms with van der Waals surface area (Å²) in [4.78, 5) is 25.4. The first kappa shape index (κ1) is 20.0. The fraction of sp³-hybridized carbons (Fsp3) is 0.750. The number of halogens is 1. The van der Waals surface area contributed by atoms with Crippen LogP contribution in [0.1, 0.15) is 33.9 Å². The van der Waals surface area contributed by atoms with E-state index in [1.165, 1.54) is 13.1 Å². The molecule has 1 aromatic rings. The molecule has 0 spiro atoms. The van der Waals surface area contributed by atoms with Crippen LogP contribution in [-0.4, -0.2) is 47.5 Å². The first-order valence-corrected chi connectivity index (χ1v) is 11.2. The van der Waals surface area contributed by atoms with Crippen LogP contribution in [0.5, 0.6) is 0 Å². The minimum absolute atomic E-state index is 0.157. The Morgan fingerprint density at radius 3 is 2.52 bits per heavy atom. The molecule has 2 heterocycles. The van der Waals surface area contributed by atoms with E-state index in [2.05, 4.69) is 4.98 Å². The molecule has 1 fully saturated rings. The number of rotatable bonds is 4. The van der Waals surface area contributed by atoms with E-state index in [0.717, 1.165) is 10.6 Å². The number of aliphatic hydroxyl groups excluding tert-OH is 1. The lowest BCUT2D eigenvalue weighted by molar-refractivity contribution is -0.0611. The van der Waals surface area contributed by atoms with Gasteiger partial charge in [-0.25, -0.2) is 9.18 Å². The Morgan fingerprint density at radius 2 is 2.04 bits per heavy atom. The summed E-state index contributed by atoms with van der Waals surface area (Å²) in [7, 11) is -2.35. The van der Waals surface area contributed by atoms with Gasteiger partial charge in [-0.3, -0.25) is 14.3 Å². The number of nitrogens with one attached hydrogen (secondary N) is 1. The molecule has 0 aliphatic carbocycles. The van der Waals surface area contributed by atoms with Crippen molar-refractivity contribution >= 4 is 8.32 Å². The van der Waals surface area contributed by atoms with E-state index >= 15 is 4.39 Å². The molecule has 1 aliphatic heterocycles. The third-order valence-electron chi connectivity index (χ3n) is 5.19. The monoisotopic (exact) mass is 374 g/mol. The number of alkyl halides is 1. The Balaban J connectivity index is 2.42. The maximum Gasteiger partial charge on any atom is 0.330 e. The fourth-order valence-electron chi connectivity index (χ4n) is 2.65. The van der Waals surface area contributed by atoms with Crippen LogP contribution in [0.25, 0.3) is 0 Å². The molecule has 4 atom stereocenters. The molecule has 2 rings (SSSR count). The molecule has 0 bridgehead atoms. The van der Waals surface area contributed by atoms with Gasteiger partial charge in [-0.05, 0) is 25.1 Å². The van der Waals surface area contributed by atoms with E-state index in [9.17, 15) is 14.7 Å². The molecule has 0 amide bonds. The van der Waals surface area contributed by atoms with Gasteiger partial charge in [-0.2, -0.15) is 0 Å². The average molecular weight is 374 g/mol. The van der Waals surface area contributed by atoms with Crippen molar-refractivity contribution in [3.8, 4) is 0 Å². The average Bonchev–Trinajstić information content (AvgIpc) is 2.69. The summed E-state index contributed by atoms with van der Waals surface area (Å²) in [6.07, 6.45) is -2.05. The highest BCUT2D eigenvalue weighted by molar-refractivity contribution is 6.74. The minimum Gasteiger partial charge on any atom is -0.408 e. The Bertz CT molecular complexity index is 737. The highest BCUT2D eigenvalue weighted by atomic mass is 28.4. The van der Waals surface area contributed by atoms with Crippen LogP contribution >= 0.6 is 0 Å². The van der Waals surface area contributed by atoms with Crippen molar-refractivity contribution in [2.45, 2.75) is 69.9 Å². The SMILES string of the molecule is CC(C)(C)[Si](C)(C)O[C@@H]1[C@@H](CO)O[C@H](n2ccc(=O)[nH]c2=O)[C@]1(C)F. The summed E-state index contributed by atoms with van der Waals surface area (Å²) in [6, 6.07) is 1.12. The Morgan fingerprint density at radius 1 is 1.44 bits per heavy atom. The van der Waals surface area contributed by atoms with Crippen LogP contribution < -0.4 is 11.2 Å². The smallest absolute Gasteiger partial charge is 0.330 e. The third kappa shape index (κ3) is 3.64. The first-order chi connectivity index (χ1) is 11.3. The number of aromatic nitrogens is 2. The molecule has 0 unspecified atom stereocenters. The van der Waals surface area contributed by atoms with Gasteiger partial charge in [0, 0.05) is 12.3 Å². The lowest BCUT2D eigenvalue weighted by Gasteiger charge is -2.41. The first-order valence-electron chi connectivity index (χ1n) is 8.26. The molecular weight excluding hydrogens is 347 g/mol. The largest absolute Gasteiger partial charge is 0.408 e. The molecule has 9 heteroatoms. The number of nitrogens with zero attached hydrogens (tertiary/aromatic N) is 1. The van der Waals surface area contributed by atoms with Gasteiger partial charge in [0.05, 0.1) is 6.61 Å². The van der Waals surface area contributed by atoms with Gasteiger partial charge in [0.2, 0.25) is 0 Å². The van der Waals surface area contributed by atoms with Crippen molar-refractivity contribution in [2.24, 2.45) is 0 Å². The highest BCUT2D eigenvalue weighted by Gasteiger charge is 2.58. The van der Waals surface area contributed by atoms with Gasteiger partial charge in [0.1, 0.15) is 12.2 Å². The van der Waals surface area contributed by atoms with Gasteiger partial charge >= 0.3 is 5.69 Å². The van der Waals surface area contributed by atoms with Crippen molar-refractivity contribution in [1.82, 2.24) is 9.55 Å². The molecule has 2 N–H and O–H groups in total. The van der Waals surface area contributed by atoms with Gasteiger partial charge in [-0.1, -0.05) is 20.8 Å². The predicted molar refractivity (Wildman–Crippen MR) is 93.9 cm³/mol. The second-order valence-corrected chi connectivity index (χ2v) is 12.9. The number of H-pyrrole nitrogens is 1. The van der Waals surface area contributed by atoms with Crippen molar-refractivity contribution in [3.63, 3.8) is 0 Å². The van der Waals surface area contributed by atoms with E-state index in [1.807, 2.05) is 33.9 Å². The van der Waals surface area contributed by atoms with Gasteiger partial charge < -0.3 is 14.3 Å². The number of hydrogen-bond acceptors (Lipinski definition) is 5. The molecule has 0 radical (unpaired) electrons. The zero-order valence-electron chi connectivity index (χ0n) is 15.5. The molecule has 142 valence electrons. The molecule has 25 heavy (non-hydrogen) atoms. The molecule has 1 aliphatic rings. The quantitative estimate of drug-likeness (QED) is 0.780. The van der Waals surface area contributed by atoms with Crippen LogP contribution in [0.3, 0.4) is 0 Å². The molecule has 0 aromatic carbocycles. The topological polar surface area (TPSA) is 93.5 Å². The van der Waals surface area contributed by atoms with Crippen molar-refractivity contribution in [3.05, 3.63) is 33.1 Å². The Hall–Kier alpha value is -1.29. The molecule has 0 saturated carbocycles. The summed E-state index contributed by atoms with van der Waals surface area (Å²) < 4.78 is 28.5. The van der Waals surface area contributed by atoms with Crippen molar-refractivity contribution in [2.75, 3.05) is 6.61 Å². The zero-order chi connectivity index (χ0) is 19.2. The Kier molecular flexibility index (Phi) is 5.17.